The van der Waals surface area contributed by atoms with Gasteiger partial charge in [0, 0.05) is 12.4 Å². The van der Waals surface area contributed by atoms with Gasteiger partial charge in [0.15, 0.2) is 0 Å². The Morgan fingerprint density at radius 3 is 2.59 bits per heavy atom. The Hall–Kier alpha value is -1.86. The lowest BCUT2D eigenvalue weighted by Crippen LogP contribution is -2.10. The number of nitrogen functional groups attached to an aromatic ring is 1. The number of pyridine rings is 1. The van der Waals surface area contributed by atoms with E-state index in [1.54, 1.807) is 18.6 Å². The minimum atomic E-state index is 0. The molecular weight excluding hydrogens is 265 g/mol. The number of nitrogens with one attached hydrogen (secondary N) is 1. The standard InChI is InChI=1S/C8H9N7.2ClH/c9-15-6-12-14-8(15)13-11-5-7-1-3-10-4-2-7;;/h1-6H,9H2,(H,13,14);2*1H/b11-5+;;. The minimum absolute atomic E-state index is 0. The average Bonchev–Trinajstić information content (AvgIpc) is 2.66. The molecule has 2 heterocycles. The van der Waals surface area contributed by atoms with Crippen LogP contribution in [0.2, 0.25) is 0 Å². The molecule has 0 aliphatic heterocycles. The zero-order valence-electron chi connectivity index (χ0n) is 8.59. The first-order chi connectivity index (χ1) is 7.36. The highest BCUT2D eigenvalue weighted by Gasteiger charge is 1.96. The third-order valence-electron chi connectivity index (χ3n) is 1.66. The van der Waals surface area contributed by atoms with E-state index < -0.39 is 0 Å². The first-order valence-electron chi connectivity index (χ1n) is 4.20. The molecule has 3 N–H and O–H groups in total. The van der Waals surface area contributed by atoms with E-state index in [2.05, 4.69) is 25.7 Å². The molecule has 0 atom stereocenters. The summed E-state index contributed by atoms with van der Waals surface area (Å²) >= 11 is 0. The van der Waals surface area contributed by atoms with Crippen LogP contribution in [0.4, 0.5) is 5.95 Å². The molecule has 2 aromatic heterocycles. The van der Waals surface area contributed by atoms with Crippen LogP contribution in [-0.2, 0) is 0 Å². The summed E-state index contributed by atoms with van der Waals surface area (Å²) in [5.41, 5.74) is 3.59. The third-order valence-corrected chi connectivity index (χ3v) is 1.66. The Balaban J connectivity index is 0.00000128. The van der Waals surface area contributed by atoms with Gasteiger partial charge in [0.2, 0.25) is 0 Å². The molecule has 0 aliphatic rings. The van der Waals surface area contributed by atoms with Crippen molar-refractivity contribution in [2.75, 3.05) is 11.3 Å². The molecule has 0 aromatic carbocycles. The molecule has 0 fully saturated rings. The molecule has 0 spiro atoms. The van der Waals surface area contributed by atoms with Crippen LogP contribution in [0.25, 0.3) is 0 Å². The maximum atomic E-state index is 5.47. The van der Waals surface area contributed by atoms with Crippen molar-refractivity contribution in [3.05, 3.63) is 36.4 Å². The minimum Gasteiger partial charge on any atom is -0.335 e. The number of aromatic nitrogens is 4. The largest absolute Gasteiger partial charge is 0.335 e. The molecule has 0 saturated carbocycles. The summed E-state index contributed by atoms with van der Waals surface area (Å²) < 4.78 is 1.24. The molecule has 17 heavy (non-hydrogen) atoms. The monoisotopic (exact) mass is 275 g/mol. The van der Waals surface area contributed by atoms with E-state index in [-0.39, 0.29) is 24.8 Å². The Morgan fingerprint density at radius 2 is 2.00 bits per heavy atom. The van der Waals surface area contributed by atoms with Crippen molar-refractivity contribution in [1.82, 2.24) is 19.9 Å². The van der Waals surface area contributed by atoms with Gasteiger partial charge in [0.25, 0.3) is 5.95 Å². The van der Waals surface area contributed by atoms with Crippen molar-refractivity contribution in [3.8, 4) is 0 Å². The van der Waals surface area contributed by atoms with Crippen LogP contribution >= 0.6 is 24.8 Å². The zero-order chi connectivity index (χ0) is 10.5. The lowest BCUT2D eigenvalue weighted by Gasteiger charge is -1.96. The van der Waals surface area contributed by atoms with Gasteiger partial charge in [-0.05, 0) is 17.7 Å². The Morgan fingerprint density at radius 1 is 1.29 bits per heavy atom. The number of hydrogen-bond donors (Lipinski definition) is 2. The van der Waals surface area contributed by atoms with Gasteiger partial charge in [-0.1, -0.05) is 0 Å². The molecule has 0 bridgehead atoms. The van der Waals surface area contributed by atoms with E-state index in [1.165, 1.54) is 11.0 Å². The van der Waals surface area contributed by atoms with Gasteiger partial charge in [0.1, 0.15) is 6.33 Å². The van der Waals surface area contributed by atoms with Crippen molar-refractivity contribution in [3.63, 3.8) is 0 Å². The van der Waals surface area contributed by atoms with Gasteiger partial charge in [-0.2, -0.15) is 5.10 Å². The predicted octanol–water partition coefficient (Wildman–Crippen LogP) is 0.676. The zero-order valence-corrected chi connectivity index (χ0v) is 10.2. The molecule has 0 amide bonds. The Kier molecular flexibility index (Phi) is 6.61. The molecule has 7 nitrogen and oxygen atoms in total. The lowest BCUT2D eigenvalue weighted by atomic mass is 10.3. The maximum absolute atomic E-state index is 5.47. The topological polar surface area (TPSA) is 94.0 Å². The van der Waals surface area contributed by atoms with Crippen molar-refractivity contribution in [2.24, 2.45) is 5.10 Å². The quantitative estimate of drug-likeness (QED) is 0.488. The van der Waals surface area contributed by atoms with E-state index in [4.69, 9.17) is 5.84 Å². The molecule has 0 radical (unpaired) electrons. The summed E-state index contributed by atoms with van der Waals surface area (Å²) in [5, 5.41) is 11.2. The van der Waals surface area contributed by atoms with Gasteiger partial charge in [-0.15, -0.1) is 35.0 Å². The molecular formula is C8H11Cl2N7. The fraction of sp³-hybridized carbons (Fsp3) is 0. The van der Waals surface area contributed by atoms with E-state index in [1.807, 2.05) is 12.1 Å². The molecule has 0 aliphatic carbocycles. The van der Waals surface area contributed by atoms with Crippen LogP contribution in [0.1, 0.15) is 5.56 Å². The van der Waals surface area contributed by atoms with E-state index in [9.17, 15) is 0 Å². The predicted molar refractivity (Wildman–Crippen MR) is 70.1 cm³/mol. The summed E-state index contributed by atoms with van der Waals surface area (Å²) in [7, 11) is 0. The average molecular weight is 276 g/mol. The van der Waals surface area contributed by atoms with Crippen LogP contribution in [0.3, 0.4) is 0 Å². The summed E-state index contributed by atoms with van der Waals surface area (Å²) in [6.45, 7) is 0. The highest BCUT2D eigenvalue weighted by atomic mass is 35.5. The van der Waals surface area contributed by atoms with E-state index in [0.29, 0.717) is 5.95 Å². The van der Waals surface area contributed by atoms with Crippen LogP contribution in [0, 0.1) is 0 Å². The molecule has 2 rings (SSSR count). The molecule has 9 heteroatoms. The fourth-order valence-electron chi connectivity index (χ4n) is 0.937. The number of anilines is 1. The molecule has 0 unspecified atom stereocenters. The van der Waals surface area contributed by atoms with Crippen LogP contribution in [-0.4, -0.2) is 26.1 Å². The van der Waals surface area contributed by atoms with Gasteiger partial charge in [-0.25, -0.2) is 10.1 Å². The van der Waals surface area contributed by atoms with Crippen molar-refractivity contribution < 1.29 is 0 Å². The van der Waals surface area contributed by atoms with Crippen LogP contribution in [0.5, 0.6) is 0 Å². The lowest BCUT2D eigenvalue weighted by molar-refractivity contribution is 0.988. The smallest absolute Gasteiger partial charge is 0.263 e. The van der Waals surface area contributed by atoms with E-state index >= 15 is 0 Å². The summed E-state index contributed by atoms with van der Waals surface area (Å²) in [6, 6.07) is 3.66. The Labute approximate surface area is 110 Å². The summed E-state index contributed by atoms with van der Waals surface area (Å²) in [4.78, 5) is 3.89. The summed E-state index contributed by atoms with van der Waals surface area (Å²) in [5.74, 6) is 5.84. The van der Waals surface area contributed by atoms with E-state index in [0.717, 1.165) is 5.56 Å². The van der Waals surface area contributed by atoms with Gasteiger partial charge >= 0.3 is 0 Å². The van der Waals surface area contributed by atoms with Gasteiger partial charge < -0.3 is 5.84 Å². The third kappa shape index (κ3) is 4.25. The second kappa shape index (κ2) is 7.42. The van der Waals surface area contributed by atoms with Crippen LogP contribution in [0.15, 0.2) is 36.0 Å². The first kappa shape index (κ1) is 15.1. The van der Waals surface area contributed by atoms with Gasteiger partial charge in [0.05, 0.1) is 6.21 Å². The number of nitrogens with zero attached hydrogens (tertiary/aromatic N) is 5. The molecule has 0 saturated heterocycles. The SMILES string of the molecule is Cl.Cl.Nn1cnnc1N/N=C/c1ccncc1. The number of hydrogen-bond acceptors (Lipinski definition) is 6. The van der Waals surface area contributed by atoms with Crippen molar-refractivity contribution >= 4 is 37.0 Å². The first-order valence-corrected chi connectivity index (χ1v) is 4.20. The second-order valence-corrected chi connectivity index (χ2v) is 2.71. The number of halogens is 2. The van der Waals surface area contributed by atoms with Crippen molar-refractivity contribution in [2.45, 2.75) is 0 Å². The molecule has 92 valence electrons. The molecule has 2 aromatic rings. The highest BCUT2D eigenvalue weighted by Crippen LogP contribution is 1.96. The second-order valence-electron chi connectivity index (χ2n) is 2.71. The number of rotatable bonds is 3. The number of nitrogens with two attached hydrogens (primary N) is 1. The normalized spacial score (nSPS) is 9.41. The summed E-state index contributed by atoms with van der Waals surface area (Å²) in [6.07, 6.45) is 6.39. The Bertz CT molecular complexity index is 456. The highest BCUT2D eigenvalue weighted by molar-refractivity contribution is 5.85. The maximum Gasteiger partial charge on any atom is 0.263 e. The van der Waals surface area contributed by atoms with Crippen molar-refractivity contribution in [1.29, 1.82) is 0 Å². The van der Waals surface area contributed by atoms with Gasteiger partial charge in [-0.3, -0.25) is 4.98 Å². The number of hydrazone groups is 1. The van der Waals surface area contributed by atoms with Crippen LogP contribution < -0.4 is 11.3 Å². The fourth-order valence-corrected chi connectivity index (χ4v) is 0.937.